The number of pyridine rings is 1. The maximum Gasteiger partial charge on any atom is 0.410 e. The summed E-state index contributed by atoms with van der Waals surface area (Å²) in [5.41, 5.74) is 2.77. The summed E-state index contributed by atoms with van der Waals surface area (Å²) in [6.07, 6.45) is 2.25. The molecule has 1 fully saturated rings. The zero-order valence-corrected chi connectivity index (χ0v) is 30.0. The molecule has 5 heterocycles. The van der Waals surface area contributed by atoms with E-state index >= 15 is 8.78 Å². The van der Waals surface area contributed by atoms with Crippen LogP contribution in [0.1, 0.15) is 73.4 Å². The number of anilines is 2. The number of carbonyl (C=O) groups excluding carboxylic acids is 3. The lowest BCUT2D eigenvalue weighted by atomic mass is 9.98. The normalized spacial score (nSPS) is 21.4. The molecule has 2 bridgehead atoms. The molecule has 1 N–H and O–H groups in total. The number of fused-ring (bicyclic) bond motifs is 7. The van der Waals surface area contributed by atoms with Crippen LogP contribution in [0.15, 0.2) is 41.5 Å². The predicted molar refractivity (Wildman–Crippen MR) is 187 cm³/mol. The molecular formula is C36H44F2N8O5. The van der Waals surface area contributed by atoms with Gasteiger partial charge in [-0.1, -0.05) is 6.92 Å². The van der Waals surface area contributed by atoms with Crippen molar-refractivity contribution in [1.29, 1.82) is 0 Å². The number of hydrogen-bond acceptors (Lipinski definition) is 9. The van der Waals surface area contributed by atoms with Gasteiger partial charge in [-0.25, -0.2) is 18.3 Å². The molecule has 6 rings (SSSR count). The number of hydrogen-bond donors (Lipinski definition) is 1. The predicted octanol–water partition coefficient (Wildman–Crippen LogP) is 5.74. The fourth-order valence-corrected chi connectivity index (χ4v) is 6.67. The summed E-state index contributed by atoms with van der Waals surface area (Å²) in [4.78, 5) is 53.0. The first-order valence-corrected chi connectivity index (χ1v) is 17.1. The van der Waals surface area contributed by atoms with Gasteiger partial charge >= 0.3 is 6.09 Å². The van der Waals surface area contributed by atoms with Gasteiger partial charge in [-0.2, -0.15) is 10.1 Å². The maximum atomic E-state index is 15.5. The van der Waals surface area contributed by atoms with Crippen LogP contribution < -0.4 is 15.0 Å². The van der Waals surface area contributed by atoms with E-state index in [9.17, 15) is 14.4 Å². The summed E-state index contributed by atoms with van der Waals surface area (Å²) >= 11 is 0. The first-order valence-electron chi connectivity index (χ1n) is 17.1. The fraction of sp³-hybridized carbons (Fsp3) is 0.500. The summed E-state index contributed by atoms with van der Waals surface area (Å²) in [6.45, 7) is 8.96. The Balaban J connectivity index is 1.27. The molecule has 0 unspecified atom stereocenters. The van der Waals surface area contributed by atoms with Crippen LogP contribution in [0.4, 0.5) is 25.0 Å². The van der Waals surface area contributed by atoms with Gasteiger partial charge in [0.2, 0.25) is 11.8 Å². The van der Waals surface area contributed by atoms with Crippen LogP contribution in [0.2, 0.25) is 0 Å². The minimum Gasteiger partial charge on any atom is -0.477 e. The molecule has 51 heavy (non-hydrogen) atoms. The number of likely N-dealkylation sites (tertiary alicyclic amines) is 1. The number of aryl methyl sites for hydroxylation is 2. The molecule has 3 aliphatic rings. The quantitative estimate of drug-likeness (QED) is 0.354. The standard InChI is InChI=1S/C36H44F2N8O5/c1-21-9-8-14-50-32-25(18-39-44(32)7)27-16-24(15-22(2)40-27)30(47)42-33-41-26-11-10-23(17-28(26)46(33)19-21)31(48)43(6)29-12-13-45(20-36(29,37)38)34(49)51-35(3,4)5/h10-11,15-18,21,29H,8-9,12-14,19-20H2,1-7H3,(H,41,42,47)/t21-,29+/m1/s1. The van der Waals surface area contributed by atoms with Crippen molar-refractivity contribution in [3.63, 3.8) is 0 Å². The molecular weight excluding hydrogens is 662 g/mol. The topological polar surface area (TPSA) is 134 Å². The number of piperidine rings is 1. The number of nitrogens with one attached hydrogen (secondary N) is 1. The van der Waals surface area contributed by atoms with Crippen molar-refractivity contribution in [1.82, 2.24) is 24.6 Å². The lowest BCUT2D eigenvalue weighted by Crippen LogP contribution is -2.60. The van der Waals surface area contributed by atoms with Crippen molar-refractivity contribution in [2.75, 3.05) is 43.5 Å². The Labute approximate surface area is 295 Å². The van der Waals surface area contributed by atoms with E-state index in [1.54, 1.807) is 76.0 Å². The van der Waals surface area contributed by atoms with E-state index in [0.29, 0.717) is 58.9 Å². The minimum absolute atomic E-state index is 0.0208. The number of ether oxygens (including phenoxy) is 2. The summed E-state index contributed by atoms with van der Waals surface area (Å²) in [6, 6.07) is 6.80. The number of benzene rings is 1. The van der Waals surface area contributed by atoms with Crippen LogP contribution >= 0.6 is 0 Å². The minimum atomic E-state index is -3.37. The van der Waals surface area contributed by atoms with Gasteiger partial charge in [0.05, 0.1) is 48.0 Å². The van der Waals surface area contributed by atoms with Gasteiger partial charge in [-0.3, -0.25) is 14.6 Å². The van der Waals surface area contributed by atoms with Crippen LogP contribution in [0.5, 0.6) is 5.88 Å². The number of alkyl halides is 2. The highest BCUT2D eigenvalue weighted by molar-refractivity contribution is 6.19. The van der Waals surface area contributed by atoms with Crippen molar-refractivity contribution < 1.29 is 32.6 Å². The highest BCUT2D eigenvalue weighted by atomic mass is 19.3. The number of amides is 3. The summed E-state index contributed by atoms with van der Waals surface area (Å²) in [5.74, 6) is -3.49. The Morgan fingerprint density at radius 3 is 2.65 bits per heavy atom. The summed E-state index contributed by atoms with van der Waals surface area (Å²) in [5, 5.41) is 7.58. The third-order valence-electron chi connectivity index (χ3n) is 9.18. The van der Waals surface area contributed by atoms with Gasteiger partial charge in [0, 0.05) is 44.0 Å². The third-order valence-corrected chi connectivity index (χ3v) is 9.18. The highest BCUT2D eigenvalue weighted by Gasteiger charge is 2.49. The molecule has 1 saturated heterocycles. The molecule has 0 spiro atoms. The van der Waals surface area contributed by atoms with E-state index in [-0.39, 0.29) is 24.4 Å². The molecule has 2 atom stereocenters. The zero-order chi connectivity index (χ0) is 36.8. The van der Waals surface area contributed by atoms with E-state index in [0.717, 1.165) is 22.6 Å². The highest BCUT2D eigenvalue weighted by Crippen LogP contribution is 2.37. The molecule has 15 heteroatoms. The smallest absolute Gasteiger partial charge is 0.410 e. The van der Waals surface area contributed by atoms with Crippen molar-refractivity contribution in [2.45, 2.75) is 71.4 Å². The van der Waals surface area contributed by atoms with Gasteiger partial charge in [0.15, 0.2) is 0 Å². The van der Waals surface area contributed by atoms with Crippen LogP contribution in [-0.4, -0.2) is 99.3 Å². The average Bonchev–Trinajstić information content (AvgIpc) is 3.58. The van der Waals surface area contributed by atoms with E-state index in [4.69, 9.17) is 9.47 Å². The summed E-state index contributed by atoms with van der Waals surface area (Å²) in [7, 11) is 3.15. The number of halogens is 2. The van der Waals surface area contributed by atoms with Gasteiger partial charge in [-0.15, -0.1) is 0 Å². The Hall–Kier alpha value is -5.08. The van der Waals surface area contributed by atoms with Crippen LogP contribution in [0.3, 0.4) is 0 Å². The average molecular weight is 707 g/mol. The van der Waals surface area contributed by atoms with Gasteiger partial charge < -0.3 is 29.5 Å². The van der Waals surface area contributed by atoms with Crippen molar-refractivity contribution in [3.8, 4) is 17.1 Å². The molecule has 3 amide bonds. The van der Waals surface area contributed by atoms with Crippen LogP contribution in [-0.2, 0) is 11.8 Å². The van der Waals surface area contributed by atoms with E-state index in [1.165, 1.54) is 7.05 Å². The molecule has 3 aliphatic heterocycles. The molecule has 3 aromatic rings. The van der Waals surface area contributed by atoms with Gasteiger partial charge in [0.25, 0.3) is 17.7 Å². The third kappa shape index (κ3) is 7.52. The van der Waals surface area contributed by atoms with Crippen molar-refractivity contribution in [3.05, 3.63) is 53.3 Å². The second-order valence-electron chi connectivity index (χ2n) is 14.6. The number of rotatable bonds is 2. The van der Waals surface area contributed by atoms with Crippen LogP contribution in [0, 0.1) is 12.8 Å². The molecule has 0 radical (unpaired) electrons. The largest absolute Gasteiger partial charge is 0.477 e. The number of aliphatic imine (C=N–C) groups is 1. The monoisotopic (exact) mass is 706 g/mol. The van der Waals surface area contributed by atoms with Gasteiger partial charge in [0.1, 0.15) is 5.60 Å². The molecule has 13 nitrogen and oxygen atoms in total. The van der Waals surface area contributed by atoms with Crippen LogP contribution in [0.25, 0.3) is 11.3 Å². The number of carbonyl (C=O) groups is 3. The number of aromatic nitrogens is 3. The SMILES string of the molecule is Cc1cc2cc(n1)-c1cnn(C)c1OCCC[C@@H](C)CN1/C(=N/C2=O)Nc2ccc(C(=O)N(C)[C@H]3CCN(C(=O)OC(C)(C)C)CC3(F)F)cc21. The van der Waals surface area contributed by atoms with Gasteiger partial charge in [-0.05, 0) is 83.2 Å². The fourth-order valence-electron chi connectivity index (χ4n) is 6.67. The Morgan fingerprint density at radius 1 is 1.16 bits per heavy atom. The maximum absolute atomic E-state index is 15.5. The molecule has 0 saturated carbocycles. The van der Waals surface area contributed by atoms with E-state index < -0.39 is 42.0 Å². The molecule has 272 valence electrons. The first kappa shape index (κ1) is 35.7. The lowest BCUT2D eigenvalue weighted by molar-refractivity contribution is -0.113. The second-order valence-corrected chi connectivity index (χ2v) is 14.6. The second kappa shape index (κ2) is 13.6. The first-order chi connectivity index (χ1) is 24.0. The number of nitrogens with zero attached hydrogens (tertiary/aromatic N) is 7. The zero-order valence-electron chi connectivity index (χ0n) is 30.0. The molecule has 1 aromatic carbocycles. The molecule has 0 aliphatic carbocycles. The van der Waals surface area contributed by atoms with E-state index in [1.807, 2.05) is 4.90 Å². The molecule has 2 aromatic heterocycles. The Morgan fingerprint density at radius 2 is 1.92 bits per heavy atom. The lowest BCUT2D eigenvalue weighted by Gasteiger charge is -2.42. The summed E-state index contributed by atoms with van der Waals surface area (Å²) < 4.78 is 44.1. The van der Waals surface area contributed by atoms with Crippen molar-refractivity contribution in [2.24, 2.45) is 18.0 Å². The Kier molecular flexibility index (Phi) is 9.51. The number of guanidine groups is 1. The van der Waals surface area contributed by atoms with Crippen molar-refractivity contribution >= 4 is 35.2 Å². The van der Waals surface area contributed by atoms with E-state index in [2.05, 4.69) is 27.3 Å². The Bertz CT molecular complexity index is 1890.